The summed E-state index contributed by atoms with van der Waals surface area (Å²) in [6.45, 7) is 10.2. The molecule has 0 radical (unpaired) electrons. The molecular formula is C26H32N4O. The molecule has 0 atom stereocenters. The Hall–Kier alpha value is -2.63. The highest BCUT2D eigenvalue weighted by Crippen LogP contribution is 2.27. The van der Waals surface area contributed by atoms with Gasteiger partial charge in [-0.25, -0.2) is 0 Å². The molecule has 0 amide bonds. The van der Waals surface area contributed by atoms with Crippen molar-refractivity contribution in [2.75, 3.05) is 62.4 Å². The first-order chi connectivity index (χ1) is 15.3. The van der Waals surface area contributed by atoms with Crippen LogP contribution in [0.15, 0.2) is 54.6 Å². The molecule has 3 aromatic rings. The van der Waals surface area contributed by atoms with E-state index in [9.17, 15) is 0 Å². The fourth-order valence-electron chi connectivity index (χ4n) is 4.73. The van der Waals surface area contributed by atoms with Crippen LogP contribution in [0, 0.1) is 6.92 Å². The van der Waals surface area contributed by atoms with Gasteiger partial charge < -0.3 is 14.5 Å². The third-order valence-corrected chi connectivity index (χ3v) is 6.52. The van der Waals surface area contributed by atoms with Crippen molar-refractivity contribution in [1.82, 2.24) is 9.88 Å². The van der Waals surface area contributed by atoms with Gasteiger partial charge in [-0.05, 0) is 61.7 Å². The van der Waals surface area contributed by atoms with Crippen LogP contribution in [0.4, 0.5) is 11.4 Å². The van der Waals surface area contributed by atoms with Crippen LogP contribution in [0.5, 0.6) is 0 Å². The molecule has 5 rings (SSSR count). The van der Waals surface area contributed by atoms with Gasteiger partial charge in [0.25, 0.3) is 0 Å². The minimum Gasteiger partial charge on any atom is -0.368 e. The van der Waals surface area contributed by atoms with Gasteiger partial charge >= 0.3 is 0 Å². The van der Waals surface area contributed by atoms with Crippen molar-refractivity contribution in [3.8, 4) is 0 Å². The highest BCUT2D eigenvalue weighted by atomic mass is 16.5. The van der Waals surface area contributed by atoms with Crippen LogP contribution >= 0.6 is 0 Å². The zero-order valence-corrected chi connectivity index (χ0v) is 18.5. The van der Waals surface area contributed by atoms with Crippen molar-refractivity contribution in [3.63, 3.8) is 0 Å². The SMILES string of the molecule is Cc1ccc2c(N3CCN(CCc4cccc(N5CCCOC5)c4)CC3)cccc2n1. The molecule has 162 valence electrons. The summed E-state index contributed by atoms with van der Waals surface area (Å²) in [6.07, 6.45) is 2.21. The summed E-state index contributed by atoms with van der Waals surface area (Å²) in [4.78, 5) is 12.2. The van der Waals surface area contributed by atoms with Crippen molar-refractivity contribution in [3.05, 3.63) is 65.9 Å². The molecule has 5 nitrogen and oxygen atoms in total. The van der Waals surface area contributed by atoms with Gasteiger partial charge in [0, 0.05) is 61.7 Å². The molecule has 2 saturated heterocycles. The van der Waals surface area contributed by atoms with Gasteiger partial charge in [-0.1, -0.05) is 18.2 Å². The molecule has 0 spiro atoms. The van der Waals surface area contributed by atoms with E-state index in [0.29, 0.717) is 6.73 Å². The quantitative estimate of drug-likeness (QED) is 0.625. The maximum Gasteiger partial charge on any atom is 0.118 e. The Labute approximate surface area is 185 Å². The predicted molar refractivity (Wildman–Crippen MR) is 128 cm³/mol. The van der Waals surface area contributed by atoms with Crippen molar-refractivity contribution in [2.45, 2.75) is 19.8 Å². The first-order valence-electron chi connectivity index (χ1n) is 11.5. The highest BCUT2D eigenvalue weighted by Gasteiger charge is 2.19. The third-order valence-electron chi connectivity index (χ3n) is 6.52. The van der Waals surface area contributed by atoms with Gasteiger partial charge in [0.15, 0.2) is 0 Å². The van der Waals surface area contributed by atoms with E-state index < -0.39 is 0 Å². The average molecular weight is 417 g/mol. The first kappa shape index (κ1) is 20.3. The second-order valence-corrected chi connectivity index (χ2v) is 8.70. The molecule has 0 aliphatic carbocycles. The average Bonchev–Trinajstić information content (AvgIpc) is 2.83. The zero-order chi connectivity index (χ0) is 21.0. The summed E-state index contributed by atoms with van der Waals surface area (Å²) in [5.41, 5.74) is 6.20. The molecule has 5 heteroatoms. The van der Waals surface area contributed by atoms with E-state index in [4.69, 9.17) is 9.72 Å². The second-order valence-electron chi connectivity index (χ2n) is 8.70. The summed E-state index contributed by atoms with van der Waals surface area (Å²) in [7, 11) is 0. The van der Waals surface area contributed by atoms with Gasteiger partial charge in [-0.15, -0.1) is 0 Å². The first-order valence-corrected chi connectivity index (χ1v) is 11.5. The van der Waals surface area contributed by atoms with Crippen LogP contribution in [0.3, 0.4) is 0 Å². The van der Waals surface area contributed by atoms with Crippen LogP contribution in [0.1, 0.15) is 17.7 Å². The number of rotatable bonds is 5. The largest absolute Gasteiger partial charge is 0.368 e. The summed E-state index contributed by atoms with van der Waals surface area (Å²) in [6, 6.07) is 19.8. The number of ether oxygens (including phenoxy) is 1. The van der Waals surface area contributed by atoms with Crippen LogP contribution in [0.2, 0.25) is 0 Å². The minimum absolute atomic E-state index is 0.717. The second kappa shape index (κ2) is 9.25. The molecule has 0 N–H and O–H groups in total. The fraction of sp³-hybridized carbons (Fsp3) is 0.423. The maximum atomic E-state index is 5.62. The number of hydrogen-bond acceptors (Lipinski definition) is 5. The lowest BCUT2D eigenvalue weighted by Gasteiger charge is -2.36. The van der Waals surface area contributed by atoms with Crippen molar-refractivity contribution in [1.29, 1.82) is 0 Å². The Morgan fingerprint density at radius 2 is 1.77 bits per heavy atom. The van der Waals surface area contributed by atoms with Crippen LogP contribution < -0.4 is 9.80 Å². The molecule has 2 aromatic carbocycles. The van der Waals surface area contributed by atoms with E-state index in [-0.39, 0.29) is 0 Å². The molecule has 0 saturated carbocycles. The van der Waals surface area contributed by atoms with E-state index in [1.54, 1.807) is 0 Å². The molecule has 1 aromatic heterocycles. The number of aromatic nitrogens is 1. The Balaban J connectivity index is 1.18. The zero-order valence-electron chi connectivity index (χ0n) is 18.5. The molecule has 0 bridgehead atoms. The van der Waals surface area contributed by atoms with Gasteiger partial charge in [0.05, 0.1) is 12.1 Å². The van der Waals surface area contributed by atoms with Crippen molar-refractivity contribution in [2.24, 2.45) is 0 Å². The molecule has 2 aliphatic heterocycles. The highest BCUT2D eigenvalue weighted by molar-refractivity contribution is 5.92. The van der Waals surface area contributed by atoms with E-state index in [1.807, 2.05) is 0 Å². The number of nitrogens with zero attached hydrogens (tertiary/aromatic N) is 4. The Morgan fingerprint density at radius 3 is 2.61 bits per heavy atom. The summed E-state index contributed by atoms with van der Waals surface area (Å²) in [5.74, 6) is 0. The van der Waals surface area contributed by atoms with Crippen molar-refractivity contribution < 1.29 is 4.74 Å². The Kier molecular flexibility index (Phi) is 6.05. The van der Waals surface area contributed by atoms with E-state index >= 15 is 0 Å². The lowest BCUT2D eigenvalue weighted by molar-refractivity contribution is 0.107. The number of aryl methyl sites for hydroxylation is 1. The topological polar surface area (TPSA) is 31.8 Å². The number of pyridine rings is 1. The lowest BCUT2D eigenvalue weighted by Crippen LogP contribution is -2.47. The predicted octanol–water partition coefficient (Wildman–Crippen LogP) is 4.09. The summed E-state index contributed by atoms with van der Waals surface area (Å²) < 4.78 is 5.62. The molecular weight excluding hydrogens is 384 g/mol. The van der Waals surface area contributed by atoms with Crippen LogP contribution in [0.25, 0.3) is 10.9 Å². The molecule has 0 unspecified atom stereocenters. The Morgan fingerprint density at radius 1 is 0.903 bits per heavy atom. The molecule has 2 fully saturated rings. The van der Waals surface area contributed by atoms with E-state index in [0.717, 1.165) is 69.9 Å². The molecule has 2 aliphatic rings. The maximum absolute atomic E-state index is 5.62. The number of fused-ring (bicyclic) bond motifs is 1. The summed E-state index contributed by atoms with van der Waals surface area (Å²) >= 11 is 0. The Bertz CT molecular complexity index is 1020. The standard InChI is InChI=1S/C26H32N4O/c1-21-9-10-24-25(27-21)7-3-8-26(24)29-16-14-28(15-17-29)13-11-22-5-2-6-23(19-22)30-12-4-18-31-20-30/h2-3,5-10,19H,4,11-18,20H2,1H3. The van der Waals surface area contributed by atoms with Gasteiger partial charge in [-0.3, -0.25) is 9.88 Å². The third kappa shape index (κ3) is 4.68. The number of benzene rings is 2. The number of hydrogen-bond donors (Lipinski definition) is 0. The van der Waals surface area contributed by atoms with E-state index in [1.165, 1.54) is 22.3 Å². The molecule has 3 heterocycles. The normalized spacial score (nSPS) is 18.0. The van der Waals surface area contributed by atoms with Crippen LogP contribution in [-0.2, 0) is 11.2 Å². The van der Waals surface area contributed by atoms with Gasteiger partial charge in [-0.2, -0.15) is 0 Å². The minimum atomic E-state index is 0.717. The van der Waals surface area contributed by atoms with Crippen molar-refractivity contribution >= 4 is 22.3 Å². The van der Waals surface area contributed by atoms with Crippen LogP contribution in [-0.4, -0.2) is 62.5 Å². The van der Waals surface area contributed by atoms with Gasteiger partial charge in [0.1, 0.15) is 6.73 Å². The van der Waals surface area contributed by atoms with Gasteiger partial charge in [0.2, 0.25) is 0 Å². The fourth-order valence-corrected chi connectivity index (χ4v) is 4.73. The summed E-state index contributed by atoms with van der Waals surface area (Å²) in [5, 5.41) is 1.26. The lowest BCUT2D eigenvalue weighted by atomic mass is 10.1. The monoisotopic (exact) mass is 416 g/mol. The number of anilines is 2. The molecule has 31 heavy (non-hydrogen) atoms. The van der Waals surface area contributed by atoms with E-state index in [2.05, 4.69) is 76.2 Å². The smallest absolute Gasteiger partial charge is 0.118 e. The number of piperazine rings is 1.